The number of halogens is 1. The van der Waals surface area contributed by atoms with Crippen molar-refractivity contribution >= 4 is 17.9 Å². The average Bonchev–Trinajstić information content (AvgIpc) is 3.05. The van der Waals surface area contributed by atoms with Gasteiger partial charge >= 0.3 is 17.9 Å². The molecular formula is C35H39FO7. The van der Waals surface area contributed by atoms with Crippen LogP contribution in [0.4, 0.5) is 4.39 Å². The Morgan fingerprint density at radius 2 is 1.23 bits per heavy atom. The first-order valence-electron chi connectivity index (χ1n) is 13.9. The Balaban J connectivity index is 0.00000221. The summed E-state index contributed by atoms with van der Waals surface area (Å²) in [5.41, 5.74) is 2.14. The van der Waals surface area contributed by atoms with Crippen molar-refractivity contribution in [1.82, 2.24) is 0 Å². The van der Waals surface area contributed by atoms with E-state index in [1.165, 1.54) is 12.1 Å². The highest BCUT2D eigenvalue weighted by molar-refractivity contribution is 5.91. The lowest BCUT2D eigenvalue weighted by atomic mass is 10.0. The molecule has 3 aromatic carbocycles. The fourth-order valence-corrected chi connectivity index (χ4v) is 3.47. The molecule has 0 aliphatic rings. The van der Waals surface area contributed by atoms with Crippen molar-refractivity contribution in [2.24, 2.45) is 0 Å². The number of carbonyl (C=O) groups is 3. The van der Waals surface area contributed by atoms with Gasteiger partial charge in [0.15, 0.2) is 11.6 Å². The second-order valence-electron chi connectivity index (χ2n) is 8.34. The molecule has 8 heteroatoms. The molecule has 3 aromatic rings. The summed E-state index contributed by atoms with van der Waals surface area (Å²) in [6.45, 7) is 17.6. The topological polar surface area (TPSA) is 88.1 Å². The van der Waals surface area contributed by atoms with Crippen molar-refractivity contribution < 1.29 is 37.7 Å². The van der Waals surface area contributed by atoms with Gasteiger partial charge in [0.25, 0.3) is 0 Å². The fraction of sp³-hybridized carbons (Fsp3) is 0.229. The van der Waals surface area contributed by atoms with Gasteiger partial charge in [-0.05, 0) is 73.2 Å². The molecule has 228 valence electrons. The van der Waals surface area contributed by atoms with Gasteiger partial charge in [0.1, 0.15) is 11.5 Å². The molecule has 0 aliphatic carbocycles. The second kappa shape index (κ2) is 20.8. The quantitative estimate of drug-likeness (QED) is 0.0613. The van der Waals surface area contributed by atoms with Gasteiger partial charge in [0, 0.05) is 18.2 Å². The van der Waals surface area contributed by atoms with Crippen LogP contribution >= 0.6 is 0 Å². The maximum Gasteiger partial charge on any atom is 0.343 e. The van der Waals surface area contributed by atoms with E-state index >= 15 is 0 Å². The van der Waals surface area contributed by atoms with Crippen LogP contribution in [0.3, 0.4) is 0 Å². The van der Waals surface area contributed by atoms with Gasteiger partial charge in [-0.3, -0.25) is 0 Å². The number of unbranched alkanes of at least 4 members (excludes halogenated alkanes) is 3. The summed E-state index contributed by atoms with van der Waals surface area (Å²) in [4.78, 5) is 34.7. The minimum Gasteiger partial charge on any atom is -0.494 e. The van der Waals surface area contributed by atoms with Crippen molar-refractivity contribution in [3.63, 3.8) is 0 Å². The van der Waals surface area contributed by atoms with Gasteiger partial charge in [0.2, 0.25) is 0 Å². The van der Waals surface area contributed by atoms with E-state index in [2.05, 4.69) is 26.3 Å². The van der Waals surface area contributed by atoms with Crippen LogP contribution in [0.25, 0.3) is 11.1 Å². The first-order chi connectivity index (χ1) is 20.9. The molecule has 0 unspecified atom stereocenters. The minimum atomic E-state index is -0.845. The summed E-state index contributed by atoms with van der Waals surface area (Å²) in [6.07, 6.45) is 5.71. The van der Waals surface area contributed by atoms with Crippen molar-refractivity contribution in [1.29, 1.82) is 0 Å². The Morgan fingerprint density at radius 1 is 0.698 bits per heavy atom. The third-order valence-electron chi connectivity index (χ3n) is 5.52. The molecule has 0 saturated carbocycles. The number of benzene rings is 3. The van der Waals surface area contributed by atoms with Crippen molar-refractivity contribution in [3.8, 4) is 28.4 Å². The van der Waals surface area contributed by atoms with Crippen LogP contribution < -0.4 is 14.2 Å². The molecule has 0 heterocycles. The van der Waals surface area contributed by atoms with Crippen LogP contribution in [0.2, 0.25) is 0 Å². The van der Waals surface area contributed by atoms with E-state index in [0.717, 1.165) is 60.8 Å². The zero-order chi connectivity index (χ0) is 32.0. The van der Waals surface area contributed by atoms with E-state index in [1.807, 2.05) is 38.1 Å². The molecule has 0 aliphatic heterocycles. The van der Waals surface area contributed by atoms with Gasteiger partial charge in [-0.15, -0.1) is 13.2 Å². The highest BCUT2D eigenvalue weighted by Crippen LogP contribution is 2.25. The smallest absolute Gasteiger partial charge is 0.343 e. The second-order valence-corrected chi connectivity index (χ2v) is 8.34. The molecule has 3 rings (SSSR count). The first kappa shape index (κ1) is 36.0. The van der Waals surface area contributed by atoms with Crippen molar-refractivity contribution in [2.45, 2.75) is 39.5 Å². The predicted octanol–water partition coefficient (Wildman–Crippen LogP) is 8.30. The molecule has 0 spiro atoms. The third kappa shape index (κ3) is 13.0. The van der Waals surface area contributed by atoms with Crippen LogP contribution in [0.1, 0.15) is 49.9 Å². The van der Waals surface area contributed by atoms with Gasteiger partial charge < -0.3 is 18.9 Å². The van der Waals surface area contributed by atoms with E-state index in [0.29, 0.717) is 18.8 Å². The highest BCUT2D eigenvalue weighted by Gasteiger charge is 2.13. The van der Waals surface area contributed by atoms with Crippen LogP contribution in [0.5, 0.6) is 17.2 Å². The van der Waals surface area contributed by atoms with Gasteiger partial charge in [-0.1, -0.05) is 51.3 Å². The Labute approximate surface area is 253 Å². The zero-order valence-corrected chi connectivity index (χ0v) is 24.8. The molecular weight excluding hydrogens is 551 g/mol. The minimum absolute atomic E-state index is 0.0235. The van der Waals surface area contributed by atoms with E-state index in [1.54, 1.807) is 24.3 Å². The molecule has 0 saturated heterocycles. The molecule has 43 heavy (non-hydrogen) atoms. The Hall–Kier alpha value is -4.98. The maximum atomic E-state index is 14.1. The summed E-state index contributed by atoms with van der Waals surface area (Å²) in [7, 11) is 0. The molecule has 0 amide bonds. The van der Waals surface area contributed by atoms with Crippen molar-refractivity contribution in [3.05, 3.63) is 117 Å². The van der Waals surface area contributed by atoms with Crippen LogP contribution in [-0.2, 0) is 14.3 Å². The number of carbonyl (C=O) groups excluding carboxylic acids is 3. The number of esters is 3. The molecule has 7 nitrogen and oxygen atoms in total. The van der Waals surface area contributed by atoms with E-state index in [4.69, 9.17) is 18.9 Å². The number of hydrogen-bond donors (Lipinski definition) is 0. The van der Waals surface area contributed by atoms with Crippen LogP contribution in [0.15, 0.2) is 105 Å². The largest absolute Gasteiger partial charge is 0.494 e. The summed E-state index contributed by atoms with van der Waals surface area (Å²) in [5, 5.41) is 0. The van der Waals surface area contributed by atoms with E-state index in [9.17, 15) is 18.8 Å². The number of ether oxygens (including phenoxy) is 4. The number of hydrogen-bond acceptors (Lipinski definition) is 7. The van der Waals surface area contributed by atoms with Crippen LogP contribution in [0, 0.1) is 5.82 Å². The molecule has 0 radical (unpaired) electrons. The normalized spacial score (nSPS) is 9.56. The first-order valence-corrected chi connectivity index (χ1v) is 13.9. The summed E-state index contributed by atoms with van der Waals surface area (Å²) >= 11 is 0. The summed E-state index contributed by atoms with van der Waals surface area (Å²) < 4.78 is 34.8. The monoisotopic (exact) mass is 590 g/mol. The predicted molar refractivity (Wildman–Crippen MR) is 167 cm³/mol. The molecule has 0 aromatic heterocycles. The van der Waals surface area contributed by atoms with Gasteiger partial charge in [0.05, 0.1) is 18.8 Å². The fourth-order valence-electron chi connectivity index (χ4n) is 3.47. The molecule has 0 atom stereocenters. The Bertz CT molecular complexity index is 1320. The zero-order valence-electron chi connectivity index (χ0n) is 24.8. The summed E-state index contributed by atoms with van der Waals surface area (Å²) in [6, 6.07) is 17.9. The van der Waals surface area contributed by atoms with Crippen molar-refractivity contribution in [2.75, 3.05) is 13.2 Å². The lowest BCUT2D eigenvalue weighted by Gasteiger charge is -2.09. The lowest BCUT2D eigenvalue weighted by Crippen LogP contribution is -2.09. The molecule has 0 bridgehead atoms. The molecule has 0 N–H and O–H groups in total. The highest BCUT2D eigenvalue weighted by atomic mass is 19.1. The average molecular weight is 591 g/mol. The molecule has 0 fully saturated rings. The van der Waals surface area contributed by atoms with Crippen LogP contribution in [-0.4, -0.2) is 31.1 Å². The van der Waals surface area contributed by atoms with E-state index < -0.39 is 23.7 Å². The Kier molecular flexibility index (Phi) is 17.5. The SMILES string of the molecule is C=C.C=CC(=O)OCCCCCCOc1ccc(-c2ccc(C(=O)Oc3ccc(OC(=O)C=C)c(F)c3)cc2)cc1.CC. The van der Waals surface area contributed by atoms with Gasteiger partial charge in [-0.25, -0.2) is 18.8 Å². The van der Waals surface area contributed by atoms with E-state index in [-0.39, 0.29) is 11.5 Å². The Morgan fingerprint density at radius 3 is 1.79 bits per heavy atom. The lowest BCUT2D eigenvalue weighted by molar-refractivity contribution is -0.137. The van der Waals surface area contributed by atoms with Gasteiger partial charge in [-0.2, -0.15) is 0 Å². The standard InChI is InChI=1S/C31H29FO7.C2H6.C2H4/c1-3-29(33)37-20-8-6-5-7-19-36-25-15-13-23(14-16-25)22-9-11-24(12-10-22)31(35)38-26-17-18-28(27(32)21-26)39-30(34)4-2;2*1-2/h3-4,9-18,21H,1-2,5-8,19-20H2;1-2H3;1-2H2. The third-order valence-corrected chi connectivity index (χ3v) is 5.52. The number of rotatable bonds is 14. The summed E-state index contributed by atoms with van der Waals surface area (Å²) in [5.74, 6) is -2.25. The maximum absolute atomic E-state index is 14.1.